The van der Waals surface area contributed by atoms with E-state index in [1.807, 2.05) is 12.1 Å². The van der Waals surface area contributed by atoms with E-state index in [1.54, 1.807) is 6.92 Å². The molecule has 0 unspecified atom stereocenters. The highest BCUT2D eigenvalue weighted by Crippen LogP contribution is 2.16. The summed E-state index contributed by atoms with van der Waals surface area (Å²) in [4.78, 5) is 14.4. The Morgan fingerprint density at radius 2 is 2.00 bits per heavy atom. The Morgan fingerprint density at radius 1 is 1.24 bits per heavy atom. The highest BCUT2D eigenvalue weighted by Gasteiger charge is 2.13. The van der Waals surface area contributed by atoms with E-state index < -0.39 is 0 Å². The predicted molar refractivity (Wildman–Crippen MR) is 94.1 cm³/mol. The van der Waals surface area contributed by atoms with Gasteiger partial charge in [0.15, 0.2) is 0 Å². The van der Waals surface area contributed by atoms with E-state index >= 15 is 0 Å². The summed E-state index contributed by atoms with van der Waals surface area (Å²) in [6.07, 6.45) is 0. The highest BCUT2D eigenvalue weighted by molar-refractivity contribution is 7.99. The Morgan fingerprint density at radius 3 is 2.72 bits per heavy atom. The third-order valence-corrected chi connectivity index (χ3v) is 4.74. The number of nitrogens with one attached hydrogen (secondary N) is 1. The summed E-state index contributed by atoms with van der Waals surface area (Å²) in [5.74, 6) is 0.703. The molecule has 134 valence electrons. The first-order valence-electron chi connectivity index (χ1n) is 8.27. The minimum Gasteiger partial charge on any atom is -0.416 e. The molecule has 3 rings (SSSR count). The zero-order chi connectivity index (χ0) is 17.5. The third-order valence-electron chi connectivity index (χ3n) is 3.93. The maximum Gasteiger partial charge on any atom is 0.277 e. The van der Waals surface area contributed by atoms with E-state index in [9.17, 15) is 4.79 Å². The smallest absolute Gasteiger partial charge is 0.277 e. The number of aromatic nitrogens is 2. The van der Waals surface area contributed by atoms with Crippen LogP contribution in [0.3, 0.4) is 0 Å². The van der Waals surface area contributed by atoms with Crippen molar-refractivity contribution in [1.82, 2.24) is 20.4 Å². The molecule has 0 aliphatic carbocycles. The van der Waals surface area contributed by atoms with Gasteiger partial charge in [0.2, 0.25) is 11.8 Å². The topological polar surface area (TPSA) is 80.5 Å². The molecule has 1 aliphatic heterocycles. The Balaban J connectivity index is 1.49. The van der Waals surface area contributed by atoms with Crippen LogP contribution in [-0.2, 0) is 22.6 Å². The molecule has 1 amide bonds. The van der Waals surface area contributed by atoms with E-state index in [1.165, 1.54) is 17.3 Å². The van der Waals surface area contributed by atoms with E-state index in [0.717, 1.165) is 38.4 Å². The van der Waals surface area contributed by atoms with Crippen molar-refractivity contribution in [1.29, 1.82) is 0 Å². The number of amides is 1. The molecule has 1 aromatic carbocycles. The standard InChI is InChI=1S/C17H22N4O3S/c1-13-19-20-17(24-13)25-12-16(22)18-10-14-4-2-3-5-15(14)11-21-6-8-23-9-7-21/h2-5H,6-12H2,1H3,(H,18,22). The fourth-order valence-corrected chi connectivity index (χ4v) is 3.23. The van der Waals surface area contributed by atoms with Crippen LogP contribution >= 0.6 is 11.8 Å². The van der Waals surface area contributed by atoms with Crippen LogP contribution in [0.5, 0.6) is 0 Å². The second-order valence-electron chi connectivity index (χ2n) is 5.81. The molecule has 1 aliphatic rings. The van der Waals surface area contributed by atoms with Crippen molar-refractivity contribution < 1.29 is 13.9 Å². The number of nitrogens with zero attached hydrogens (tertiary/aromatic N) is 3. The molecule has 25 heavy (non-hydrogen) atoms. The van der Waals surface area contributed by atoms with E-state index in [2.05, 4.69) is 32.5 Å². The quantitative estimate of drug-likeness (QED) is 0.750. The molecule has 0 saturated carbocycles. The summed E-state index contributed by atoms with van der Waals surface area (Å²) >= 11 is 1.24. The predicted octanol–water partition coefficient (Wildman–Crippen LogP) is 1.62. The first-order chi connectivity index (χ1) is 12.2. The lowest BCUT2D eigenvalue weighted by Gasteiger charge is -2.27. The zero-order valence-corrected chi connectivity index (χ0v) is 15.1. The Labute approximate surface area is 151 Å². The van der Waals surface area contributed by atoms with Crippen LogP contribution in [0.1, 0.15) is 17.0 Å². The van der Waals surface area contributed by atoms with Gasteiger partial charge in [0.25, 0.3) is 5.22 Å². The van der Waals surface area contributed by atoms with Gasteiger partial charge < -0.3 is 14.5 Å². The molecular formula is C17H22N4O3S. The number of carbonyl (C=O) groups is 1. The fraction of sp³-hybridized carbons (Fsp3) is 0.471. The average molecular weight is 362 g/mol. The lowest BCUT2D eigenvalue weighted by atomic mass is 10.1. The van der Waals surface area contributed by atoms with Crippen molar-refractivity contribution in [3.8, 4) is 0 Å². The van der Waals surface area contributed by atoms with Gasteiger partial charge >= 0.3 is 0 Å². The van der Waals surface area contributed by atoms with Crippen LogP contribution in [0.15, 0.2) is 33.9 Å². The van der Waals surface area contributed by atoms with Gasteiger partial charge in [-0.3, -0.25) is 9.69 Å². The number of ether oxygens (including phenoxy) is 1. The van der Waals surface area contributed by atoms with Crippen LogP contribution < -0.4 is 5.32 Å². The zero-order valence-electron chi connectivity index (χ0n) is 14.2. The molecule has 7 nitrogen and oxygen atoms in total. The summed E-state index contributed by atoms with van der Waals surface area (Å²) in [5.41, 5.74) is 2.38. The van der Waals surface area contributed by atoms with Crippen LogP contribution in [0.25, 0.3) is 0 Å². The SMILES string of the molecule is Cc1nnc(SCC(=O)NCc2ccccc2CN2CCOCC2)o1. The van der Waals surface area contributed by atoms with Crippen molar-refractivity contribution >= 4 is 17.7 Å². The largest absolute Gasteiger partial charge is 0.416 e. The number of thioether (sulfide) groups is 1. The van der Waals surface area contributed by atoms with Gasteiger partial charge in [0.05, 0.1) is 19.0 Å². The lowest BCUT2D eigenvalue weighted by Crippen LogP contribution is -2.36. The molecule has 1 N–H and O–H groups in total. The second-order valence-corrected chi connectivity index (χ2v) is 6.74. The van der Waals surface area contributed by atoms with Crippen molar-refractivity contribution in [3.05, 3.63) is 41.3 Å². The van der Waals surface area contributed by atoms with Gasteiger partial charge in [-0.25, -0.2) is 0 Å². The number of carbonyl (C=O) groups excluding carboxylic acids is 1. The summed E-state index contributed by atoms with van der Waals surface area (Å²) in [5, 5.41) is 11.0. The molecular weight excluding hydrogens is 340 g/mol. The minimum absolute atomic E-state index is 0.0537. The van der Waals surface area contributed by atoms with Crippen LogP contribution in [0.2, 0.25) is 0 Å². The van der Waals surface area contributed by atoms with Gasteiger partial charge in [0, 0.05) is 33.1 Å². The fourth-order valence-electron chi connectivity index (χ4n) is 2.59. The van der Waals surface area contributed by atoms with E-state index in [4.69, 9.17) is 9.15 Å². The number of hydrogen-bond donors (Lipinski definition) is 1. The molecule has 0 bridgehead atoms. The molecule has 0 atom stereocenters. The van der Waals surface area contributed by atoms with Crippen molar-refractivity contribution in [2.75, 3.05) is 32.1 Å². The molecule has 1 fully saturated rings. The average Bonchev–Trinajstić information content (AvgIpc) is 3.05. The van der Waals surface area contributed by atoms with Crippen LogP contribution in [0.4, 0.5) is 0 Å². The molecule has 2 heterocycles. The molecule has 0 radical (unpaired) electrons. The Hall–Kier alpha value is -1.90. The van der Waals surface area contributed by atoms with Gasteiger partial charge in [-0.05, 0) is 11.1 Å². The van der Waals surface area contributed by atoms with E-state index in [-0.39, 0.29) is 11.7 Å². The molecule has 1 saturated heterocycles. The van der Waals surface area contributed by atoms with Crippen LogP contribution in [0, 0.1) is 6.92 Å². The highest BCUT2D eigenvalue weighted by atomic mass is 32.2. The number of benzene rings is 1. The normalized spacial score (nSPS) is 15.2. The monoisotopic (exact) mass is 362 g/mol. The molecule has 2 aromatic rings. The van der Waals surface area contributed by atoms with Crippen molar-refractivity contribution in [2.45, 2.75) is 25.2 Å². The summed E-state index contributed by atoms with van der Waals surface area (Å²) < 4.78 is 10.6. The number of morpholine rings is 1. The van der Waals surface area contributed by atoms with Crippen molar-refractivity contribution in [3.63, 3.8) is 0 Å². The summed E-state index contributed by atoms with van der Waals surface area (Å²) in [6.45, 7) is 6.58. The Kier molecular flexibility index (Phi) is 6.43. The van der Waals surface area contributed by atoms with Crippen molar-refractivity contribution in [2.24, 2.45) is 0 Å². The second kappa shape index (κ2) is 8.98. The summed E-state index contributed by atoms with van der Waals surface area (Å²) in [7, 11) is 0. The first kappa shape index (κ1) is 17.9. The Bertz CT molecular complexity index is 701. The number of aryl methyl sites for hydroxylation is 1. The van der Waals surface area contributed by atoms with Gasteiger partial charge in [0.1, 0.15) is 0 Å². The molecule has 0 spiro atoms. The maximum absolute atomic E-state index is 12.0. The third kappa shape index (κ3) is 5.55. The van der Waals surface area contributed by atoms with Crippen LogP contribution in [-0.4, -0.2) is 53.1 Å². The van der Waals surface area contributed by atoms with Gasteiger partial charge in [-0.15, -0.1) is 10.2 Å². The number of hydrogen-bond acceptors (Lipinski definition) is 7. The van der Waals surface area contributed by atoms with E-state index in [0.29, 0.717) is 17.7 Å². The summed E-state index contributed by atoms with van der Waals surface area (Å²) in [6, 6.07) is 8.21. The van der Waals surface area contributed by atoms with Gasteiger partial charge in [-0.1, -0.05) is 36.0 Å². The first-order valence-corrected chi connectivity index (χ1v) is 9.26. The van der Waals surface area contributed by atoms with Gasteiger partial charge in [-0.2, -0.15) is 0 Å². The minimum atomic E-state index is -0.0537. The molecule has 1 aromatic heterocycles. The lowest BCUT2D eigenvalue weighted by molar-refractivity contribution is -0.118. The molecule has 8 heteroatoms. The maximum atomic E-state index is 12.0. The number of rotatable bonds is 7.